The van der Waals surface area contributed by atoms with Crippen molar-refractivity contribution in [2.24, 2.45) is 20.0 Å². The third kappa shape index (κ3) is 24.1. The molecule has 0 unspecified atom stereocenters. The molecule has 24 heteroatoms. The standard InChI is InChI=1S/C17H18Br2N2O2.C17H18BrClN2O2.C17H18BrFN2O2.C17H18BrIN2O2/c1-4-21(2)11-20-14-10-16(22-3)17(9-13(14)19)23-15-8-6-5-7-12(15)18;3*1-4-21(2)11-20-14-10-16(22-3)17(9-12(14)18)23-15-8-6-5-7-13(15)19/h4*5-11H,4H2,1-3H3. The van der Waals surface area contributed by atoms with Crippen LogP contribution in [0.2, 0.25) is 5.02 Å². The molecule has 0 aliphatic heterocycles. The van der Waals surface area contributed by atoms with Crippen molar-refractivity contribution in [3.63, 3.8) is 0 Å². The van der Waals surface area contributed by atoms with E-state index in [4.69, 9.17) is 49.5 Å². The number of rotatable bonds is 24. The lowest BCUT2D eigenvalue weighted by Crippen LogP contribution is -2.14. The van der Waals surface area contributed by atoms with Gasteiger partial charge in [0.1, 0.15) is 17.2 Å². The van der Waals surface area contributed by atoms with Gasteiger partial charge in [-0.3, -0.25) is 0 Å². The number of para-hydroxylation sites is 4. The van der Waals surface area contributed by atoms with Crippen molar-refractivity contribution in [3.8, 4) is 69.0 Å². The Morgan fingerprint density at radius 3 is 0.978 bits per heavy atom. The molecule has 16 nitrogen and oxygen atoms in total. The largest absolute Gasteiger partial charge is 0.493 e. The quantitative estimate of drug-likeness (QED) is 0.0324. The number of hydrogen-bond acceptors (Lipinski definition) is 12. The van der Waals surface area contributed by atoms with Crippen LogP contribution < -0.4 is 37.9 Å². The van der Waals surface area contributed by atoms with Gasteiger partial charge in [0.05, 0.1) is 89.6 Å². The Kier molecular flexibility index (Phi) is 32.9. The molecule has 0 bridgehead atoms. The van der Waals surface area contributed by atoms with Gasteiger partial charge in [-0.1, -0.05) is 60.1 Å². The summed E-state index contributed by atoms with van der Waals surface area (Å²) in [5, 5.41) is 0.539. The van der Waals surface area contributed by atoms with E-state index < -0.39 is 5.82 Å². The van der Waals surface area contributed by atoms with E-state index in [1.54, 1.807) is 89.1 Å². The van der Waals surface area contributed by atoms with E-state index in [9.17, 15) is 4.39 Å². The molecule has 8 aromatic carbocycles. The van der Waals surface area contributed by atoms with Crippen molar-refractivity contribution in [1.82, 2.24) is 19.6 Å². The lowest BCUT2D eigenvalue weighted by atomic mass is 10.2. The first-order valence-corrected chi connectivity index (χ1v) is 33.8. The van der Waals surface area contributed by atoms with Gasteiger partial charge in [0.2, 0.25) is 0 Å². The molecule has 0 saturated carbocycles. The van der Waals surface area contributed by atoms with Gasteiger partial charge in [0, 0.05) is 121 Å². The molecule has 0 radical (unpaired) electrons. The molecule has 0 N–H and O–H groups in total. The first-order valence-electron chi connectivity index (χ1n) is 28.4. The van der Waals surface area contributed by atoms with Crippen LogP contribution >= 0.6 is 114 Å². The van der Waals surface area contributed by atoms with Gasteiger partial charge in [-0.2, -0.15) is 0 Å². The Bertz CT molecular complexity index is 3320. The predicted molar refractivity (Wildman–Crippen MR) is 400 cm³/mol. The van der Waals surface area contributed by atoms with E-state index in [1.807, 2.05) is 152 Å². The predicted octanol–water partition coefficient (Wildman–Crippen LogP) is 21.6. The Morgan fingerprint density at radius 2 is 0.652 bits per heavy atom. The van der Waals surface area contributed by atoms with Crippen LogP contribution in [0.3, 0.4) is 0 Å². The molecule has 0 atom stereocenters. The van der Waals surface area contributed by atoms with E-state index in [2.05, 4.69) is 143 Å². The highest BCUT2D eigenvalue weighted by molar-refractivity contribution is 14.1. The van der Waals surface area contributed by atoms with Gasteiger partial charge in [-0.05, 0) is 178 Å². The van der Waals surface area contributed by atoms with E-state index in [0.29, 0.717) is 62.5 Å². The number of benzene rings is 8. The second-order valence-electron chi connectivity index (χ2n) is 19.2. The van der Waals surface area contributed by atoms with Crippen molar-refractivity contribution in [1.29, 1.82) is 0 Å². The summed E-state index contributed by atoms with van der Waals surface area (Å²) in [4.78, 5) is 25.7. The van der Waals surface area contributed by atoms with Crippen LogP contribution in [-0.4, -0.2) is 128 Å². The van der Waals surface area contributed by atoms with Gasteiger partial charge in [-0.25, -0.2) is 24.4 Å². The molecule has 488 valence electrons. The molecule has 0 amide bonds. The molecule has 0 fully saturated rings. The Balaban J connectivity index is 0.000000223. The highest BCUT2D eigenvalue weighted by Crippen LogP contribution is 2.45. The van der Waals surface area contributed by atoms with Crippen LogP contribution in [-0.2, 0) is 0 Å². The number of methoxy groups -OCH3 is 4. The highest BCUT2D eigenvalue weighted by Gasteiger charge is 2.17. The third-order valence-corrected chi connectivity index (χ3v) is 17.1. The summed E-state index contributed by atoms with van der Waals surface area (Å²) in [6.07, 6.45) is 7.08. The molecule has 0 aliphatic rings. The molecule has 8 aromatic rings. The van der Waals surface area contributed by atoms with Gasteiger partial charge in [-0.15, -0.1) is 0 Å². The molecular formula is C68H72Br5ClFIN8O8. The minimum Gasteiger partial charge on any atom is -0.493 e. The minimum absolute atomic E-state index is 0.139. The lowest BCUT2D eigenvalue weighted by Gasteiger charge is -2.14. The Labute approximate surface area is 600 Å². The van der Waals surface area contributed by atoms with Crippen molar-refractivity contribution in [2.45, 2.75) is 27.7 Å². The summed E-state index contributed by atoms with van der Waals surface area (Å²) >= 11 is 25.9. The van der Waals surface area contributed by atoms with Crippen molar-refractivity contribution in [3.05, 3.63) is 182 Å². The molecule has 0 heterocycles. The number of aliphatic imine (C=N–C) groups is 4. The van der Waals surface area contributed by atoms with Crippen LogP contribution in [0.5, 0.6) is 69.0 Å². The van der Waals surface area contributed by atoms with Gasteiger partial charge >= 0.3 is 0 Å². The average Bonchev–Trinajstić information content (AvgIpc) is 1.02. The third-order valence-electron chi connectivity index (χ3n) is 12.7. The number of nitrogens with zero attached hydrogens (tertiary/aromatic N) is 8. The molecule has 8 rings (SSSR count). The van der Waals surface area contributed by atoms with Crippen LogP contribution in [0.1, 0.15) is 27.7 Å². The van der Waals surface area contributed by atoms with Crippen LogP contribution in [0.25, 0.3) is 0 Å². The summed E-state index contributed by atoms with van der Waals surface area (Å²) < 4.78 is 63.9. The summed E-state index contributed by atoms with van der Waals surface area (Å²) in [6.45, 7) is 11.7. The fraction of sp³-hybridized carbons (Fsp3) is 0.235. The first-order chi connectivity index (χ1) is 44.2. The van der Waals surface area contributed by atoms with Crippen LogP contribution in [0.15, 0.2) is 188 Å². The van der Waals surface area contributed by atoms with Crippen molar-refractivity contribution >= 4 is 162 Å². The second kappa shape index (κ2) is 39.8. The van der Waals surface area contributed by atoms with Gasteiger partial charge in [0.25, 0.3) is 0 Å². The average molecular weight is 1710 g/mol. The summed E-state index contributed by atoms with van der Waals surface area (Å²) in [5.74, 6) is 6.35. The lowest BCUT2D eigenvalue weighted by molar-refractivity contribution is 0.371. The van der Waals surface area contributed by atoms with Crippen LogP contribution in [0.4, 0.5) is 27.1 Å². The smallest absolute Gasteiger partial charge is 0.170 e. The van der Waals surface area contributed by atoms with E-state index in [1.165, 1.54) is 13.2 Å². The topological polar surface area (TPSA) is 136 Å². The fourth-order valence-corrected chi connectivity index (χ4v) is 9.74. The van der Waals surface area contributed by atoms with E-state index >= 15 is 0 Å². The van der Waals surface area contributed by atoms with Crippen molar-refractivity contribution < 1.29 is 42.3 Å². The second-order valence-corrected chi connectivity index (χ2v) is 25.1. The molecule has 0 saturated heterocycles. The number of ether oxygens (including phenoxy) is 8. The number of hydrogen-bond donors (Lipinski definition) is 0. The SMILES string of the molecule is CCN(C)C=Nc1cc(OC)c(Oc2ccccc2Br)cc1Br.CCN(C)C=Nc1cc(OC)c(Oc2ccccc2Cl)cc1Br.CCN(C)C=Nc1cc(OC)c(Oc2ccccc2F)cc1Br.CCN(C)C=Nc1cc(OC)c(Oc2ccccc2I)cc1Br. The van der Waals surface area contributed by atoms with E-state index in [0.717, 1.165) is 80.7 Å². The first kappa shape index (κ1) is 76.1. The summed E-state index contributed by atoms with van der Waals surface area (Å²) in [7, 11) is 14.2. The molecular weight excluding hydrogens is 1640 g/mol. The Morgan fingerprint density at radius 1 is 0.370 bits per heavy atom. The zero-order chi connectivity index (χ0) is 67.3. The summed E-state index contributed by atoms with van der Waals surface area (Å²) in [6, 6.07) is 43.5. The zero-order valence-electron chi connectivity index (χ0n) is 52.9. The maximum atomic E-state index is 13.7. The molecule has 92 heavy (non-hydrogen) atoms. The highest BCUT2D eigenvalue weighted by atomic mass is 127. The zero-order valence-corrected chi connectivity index (χ0v) is 63.7. The van der Waals surface area contributed by atoms with E-state index in [-0.39, 0.29) is 5.75 Å². The maximum Gasteiger partial charge on any atom is 0.170 e. The molecule has 0 aliphatic carbocycles. The molecule has 0 spiro atoms. The van der Waals surface area contributed by atoms with Crippen molar-refractivity contribution in [2.75, 3.05) is 82.8 Å². The van der Waals surface area contributed by atoms with Crippen LogP contribution in [0, 0.1) is 9.39 Å². The van der Waals surface area contributed by atoms with Gasteiger partial charge < -0.3 is 57.5 Å². The summed E-state index contributed by atoms with van der Waals surface area (Å²) in [5.41, 5.74) is 3.02. The molecule has 0 aromatic heterocycles. The monoisotopic (exact) mass is 1700 g/mol. The normalized spacial score (nSPS) is 10.8. The van der Waals surface area contributed by atoms with Gasteiger partial charge in [0.15, 0.2) is 57.6 Å². The Hall–Kier alpha value is -6.61. The number of halogens is 8. The fourth-order valence-electron chi connectivity index (χ4n) is 7.00. The maximum absolute atomic E-state index is 13.7. The minimum atomic E-state index is -0.433.